The summed E-state index contributed by atoms with van der Waals surface area (Å²) < 4.78 is 15.7. The van der Waals surface area contributed by atoms with Crippen LogP contribution in [0.4, 0.5) is 0 Å². The van der Waals surface area contributed by atoms with Crippen LogP contribution in [0.5, 0.6) is 17.2 Å². The minimum atomic E-state index is -1.06. The minimum Gasteiger partial charge on any atom is -0.493 e. The fourth-order valence-corrected chi connectivity index (χ4v) is 2.21. The third kappa shape index (κ3) is 4.77. The zero-order chi connectivity index (χ0) is 17.6. The number of rotatable bonds is 8. The van der Waals surface area contributed by atoms with Gasteiger partial charge in [-0.2, -0.15) is 0 Å². The van der Waals surface area contributed by atoms with E-state index in [-0.39, 0.29) is 18.0 Å². The molecule has 0 heterocycles. The highest BCUT2D eigenvalue weighted by Crippen LogP contribution is 2.38. The van der Waals surface area contributed by atoms with Crippen LogP contribution in [0, 0.1) is 5.92 Å². The molecule has 0 aliphatic carbocycles. The lowest BCUT2D eigenvalue weighted by Crippen LogP contribution is -2.38. The van der Waals surface area contributed by atoms with Gasteiger partial charge in [0.1, 0.15) is 6.54 Å². The first-order valence-electron chi connectivity index (χ1n) is 7.15. The molecule has 7 heteroatoms. The number of carboxylic acid groups (broad SMARTS) is 1. The second kappa shape index (κ2) is 8.26. The summed E-state index contributed by atoms with van der Waals surface area (Å²) >= 11 is 0. The van der Waals surface area contributed by atoms with Gasteiger partial charge in [0.15, 0.2) is 11.5 Å². The van der Waals surface area contributed by atoms with Crippen molar-refractivity contribution in [3.05, 3.63) is 17.7 Å². The van der Waals surface area contributed by atoms with Crippen molar-refractivity contribution in [3.63, 3.8) is 0 Å². The number of amides is 1. The first-order chi connectivity index (χ1) is 10.8. The maximum absolute atomic E-state index is 12.7. The SMILES string of the molecule is COc1cc(C(=O)N(CC(=O)O)CC(C)C)cc(OC)c1OC. The van der Waals surface area contributed by atoms with E-state index in [9.17, 15) is 9.59 Å². The van der Waals surface area contributed by atoms with Gasteiger partial charge in [0.25, 0.3) is 5.91 Å². The maximum atomic E-state index is 12.7. The molecule has 0 unspecified atom stereocenters. The van der Waals surface area contributed by atoms with Gasteiger partial charge >= 0.3 is 5.97 Å². The van der Waals surface area contributed by atoms with E-state index in [1.54, 1.807) is 0 Å². The molecular weight excluding hydrogens is 302 g/mol. The van der Waals surface area contributed by atoms with Gasteiger partial charge in [-0.1, -0.05) is 13.8 Å². The van der Waals surface area contributed by atoms with Crippen molar-refractivity contribution in [1.29, 1.82) is 0 Å². The number of nitrogens with zero attached hydrogens (tertiary/aromatic N) is 1. The van der Waals surface area contributed by atoms with Crippen molar-refractivity contribution < 1.29 is 28.9 Å². The Labute approximate surface area is 135 Å². The molecule has 1 aromatic carbocycles. The zero-order valence-corrected chi connectivity index (χ0v) is 14.1. The van der Waals surface area contributed by atoms with Gasteiger partial charge in [0.2, 0.25) is 5.75 Å². The maximum Gasteiger partial charge on any atom is 0.323 e. The number of carbonyl (C=O) groups excluding carboxylic acids is 1. The summed E-state index contributed by atoms with van der Waals surface area (Å²) in [5.74, 6) is -0.266. The summed E-state index contributed by atoms with van der Waals surface area (Å²) in [4.78, 5) is 25.0. The smallest absolute Gasteiger partial charge is 0.323 e. The molecule has 1 rings (SSSR count). The molecule has 0 saturated carbocycles. The van der Waals surface area contributed by atoms with Gasteiger partial charge in [0.05, 0.1) is 21.3 Å². The molecule has 0 saturated heterocycles. The van der Waals surface area contributed by atoms with Crippen LogP contribution < -0.4 is 14.2 Å². The fraction of sp³-hybridized carbons (Fsp3) is 0.500. The Morgan fingerprint density at radius 1 is 1.09 bits per heavy atom. The van der Waals surface area contributed by atoms with Crippen LogP contribution in [-0.2, 0) is 4.79 Å². The van der Waals surface area contributed by atoms with Crippen molar-refractivity contribution in [1.82, 2.24) is 4.90 Å². The molecule has 0 radical (unpaired) electrons. The van der Waals surface area contributed by atoms with Gasteiger partial charge in [-0.3, -0.25) is 9.59 Å². The van der Waals surface area contributed by atoms with Crippen LogP contribution in [-0.4, -0.2) is 56.3 Å². The molecule has 23 heavy (non-hydrogen) atoms. The summed E-state index contributed by atoms with van der Waals surface area (Å²) in [6.07, 6.45) is 0. The second-order valence-electron chi connectivity index (χ2n) is 5.39. The van der Waals surface area contributed by atoms with E-state index in [2.05, 4.69) is 0 Å². The Morgan fingerprint density at radius 3 is 1.96 bits per heavy atom. The molecule has 0 bridgehead atoms. The van der Waals surface area contributed by atoms with Gasteiger partial charge in [-0.15, -0.1) is 0 Å². The third-order valence-electron chi connectivity index (χ3n) is 3.11. The lowest BCUT2D eigenvalue weighted by Gasteiger charge is -2.23. The van der Waals surface area contributed by atoms with Crippen LogP contribution in [0.15, 0.2) is 12.1 Å². The summed E-state index contributed by atoms with van der Waals surface area (Å²) in [5.41, 5.74) is 0.279. The number of benzene rings is 1. The molecule has 0 aliphatic rings. The third-order valence-corrected chi connectivity index (χ3v) is 3.11. The van der Waals surface area contributed by atoms with E-state index in [4.69, 9.17) is 19.3 Å². The van der Waals surface area contributed by atoms with E-state index in [1.165, 1.54) is 38.4 Å². The Hall–Kier alpha value is -2.44. The number of aliphatic carboxylic acids is 1. The number of methoxy groups -OCH3 is 3. The summed E-state index contributed by atoms with van der Waals surface area (Å²) in [7, 11) is 4.38. The average Bonchev–Trinajstić information content (AvgIpc) is 2.50. The molecule has 128 valence electrons. The molecule has 1 aromatic rings. The summed E-state index contributed by atoms with van der Waals surface area (Å²) in [5, 5.41) is 9.01. The van der Waals surface area contributed by atoms with Crippen molar-refractivity contribution in [3.8, 4) is 17.2 Å². The topological polar surface area (TPSA) is 85.3 Å². The normalized spacial score (nSPS) is 10.3. The van der Waals surface area contributed by atoms with Crippen LogP contribution in [0.3, 0.4) is 0 Å². The van der Waals surface area contributed by atoms with Crippen molar-refractivity contribution >= 4 is 11.9 Å². The summed E-state index contributed by atoms with van der Waals surface area (Å²) in [6, 6.07) is 3.03. The van der Waals surface area contributed by atoms with E-state index in [0.717, 1.165) is 0 Å². The second-order valence-corrected chi connectivity index (χ2v) is 5.39. The van der Waals surface area contributed by atoms with E-state index in [0.29, 0.717) is 23.8 Å². The lowest BCUT2D eigenvalue weighted by molar-refractivity contribution is -0.137. The zero-order valence-electron chi connectivity index (χ0n) is 14.1. The first kappa shape index (κ1) is 18.6. The number of carbonyl (C=O) groups is 2. The molecule has 0 aliphatic heterocycles. The van der Waals surface area contributed by atoms with E-state index in [1.807, 2.05) is 13.8 Å². The highest BCUT2D eigenvalue weighted by atomic mass is 16.5. The Kier molecular flexibility index (Phi) is 6.68. The molecular formula is C16H23NO6. The highest BCUT2D eigenvalue weighted by Gasteiger charge is 2.23. The Morgan fingerprint density at radius 2 is 1.61 bits per heavy atom. The summed E-state index contributed by atoms with van der Waals surface area (Å²) in [6.45, 7) is 3.80. The molecule has 1 N–H and O–H groups in total. The van der Waals surface area contributed by atoms with Crippen LogP contribution >= 0.6 is 0 Å². The molecule has 0 spiro atoms. The van der Waals surface area contributed by atoms with Crippen molar-refractivity contribution in [2.75, 3.05) is 34.4 Å². The van der Waals surface area contributed by atoms with Crippen LogP contribution in [0.25, 0.3) is 0 Å². The lowest BCUT2D eigenvalue weighted by atomic mass is 10.1. The monoisotopic (exact) mass is 325 g/mol. The predicted octanol–water partition coefficient (Wildman–Crippen LogP) is 1.90. The molecule has 7 nitrogen and oxygen atoms in total. The van der Waals surface area contributed by atoms with E-state index < -0.39 is 11.9 Å². The molecule has 1 amide bonds. The Balaban J connectivity index is 3.25. The van der Waals surface area contributed by atoms with Crippen molar-refractivity contribution in [2.24, 2.45) is 5.92 Å². The molecule has 0 fully saturated rings. The fourth-order valence-electron chi connectivity index (χ4n) is 2.21. The van der Waals surface area contributed by atoms with Crippen LogP contribution in [0.1, 0.15) is 24.2 Å². The molecule has 0 atom stereocenters. The number of ether oxygens (including phenoxy) is 3. The first-order valence-corrected chi connectivity index (χ1v) is 7.15. The van der Waals surface area contributed by atoms with Gasteiger partial charge in [-0.25, -0.2) is 0 Å². The van der Waals surface area contributed by atoms with E-state index >= 15 is 0 Å². The largest absolute Gasteiger partial charge is 0.493 e. The minimum absolute atomic E-state index is 0.139. The Bertz CT molecular complexity index is 545. The van der Waals surface area contributed by atoms with Gasteiger partial charge < -0.3 is 24.2 Å². The average molecular weight is 325 g/mol. The quantitative estimate of drug-likeness (QED) is 0.785. The van der Waals surface area contributed by atoms with Crippen molar-refractivity contribution in [2.45, 2.75) is 13.8 Å². The molecule has 0 aromatic heterocycles. The number of hydrogen-bond acceptors (Lipinski definition) is 5. The highest BCUT2D eigenvalue weighted by molar-refractivity contribution is 5.97. The number of carboxylic acids is 1. The van der Waals surface area contributed by atoms with Gasteiger partial charge in [-0.05, 0) is 18.1 Å². The van der Waals surface area contributed by atoms with Gasteiger partial charge in [0, 0.05) is 12.1 Å². The van der Waals surface area contributed by atoms with Crippen LogP contribution in [0.2, 0.25) is 0 Å². The number of hydrogen-bond donors (Lipinski definition) is 1. The standard InChI is InChI=1S/C16H23NO6/c1-10(2)8-17(9-14(18)19)16(20)11-6-12(21-3)15(23-5)13(7-11)22-4/h6-7,10H,8-9H2,1-5H3,(H,18,19). The predicted molar refractivity (Wildman–Crippen MR) is 84.5 cm³/mol.